The number of para-hydroxylation sites is 1. The van der Waals surface area contributed by atoms with Crippen LogP contribution in [0.15, 0.2) is 59.5 Å². The van der Waals surface area contributed by atoms with Crippen LogP contribution in [-0.2, 0) is 16.6 Å². The van der Waals surface area contributed by atoms with Crippen LogP contribution in [0.5, 0.6) is 5.75 Å². The zero-order valence-corrected chi connectivity index (χ0v) is 15.8. The summed E-state index contributed by atoms with van der Waals surface area (Å²) in [5.74, 6) is 0.393. The van der Waals surface area contributed by atoms with E-state index in [1.165, 1.54) is 12.7 Å². The highest BCUT2D eigenvalue weighted by Crippen LogP contribution is 2.27. The van der Waals surface area contributed by atoms with Crippen LogP contribution in [0.1, 0.15) is 5.56 Å². The van der Waals surface area contributed by atoms with E-state index in [2.05, 4.69) is 17.0 Å². The lowest BCUT2D eigenvalue weighted by molar-refractivity contribution is 0.181. The molecule has 0 aromatic heterocycles. The Bertz CT molecular complexity index is 776. The zero-order valence-electron chi connectivity index (χ0n) is 14.2. The second kappa shape index (κ2) is 8.67. The van der Waals surface area contributed by atoms with Gasteiger partial charge in [-0.2, -0.15) is 4.31 Å². The van der Waals surface area contributed by atoms with Gasteiger partial charge in [0.1, 0.15) is 10.6 Å². The number of halogens is 1. The molecule has 2 aromatic carbocycles. The Hall–Kier alpha value is -1.60. The first-order valence-electron chi connectivity index (χ1n) is 8.01. The van der Waals surface area contributed by atoms with Gasteiger partial charge in [0.05, 0.1) is 7.11 Å². The van der Waals surface area contributed by atoms with Crippen molar-refractivity contribution < 1.29 is 13.2 Å². The van der Waals surface area contributed by atoms with Gasteiger partial charge in [0, 0.05) is 32.7 Å². The Kier molecular flexibility index (Phi) is 6.84. The summed E-state index contributed by atoms with van der Waals surface area (Å²) in [5, 5.41) is 0. The average Bonchev–Trinajstić information content (AvgIpc) is 2.63. The lowest BCUT2D eigenvalue weighted by atomic mass is 10.2. The quantitative estimate of drug-likeness (QED) is 0.797. The van der Waals surface area contributed by atoms with Crippen molar-refractivity contribution in [1.29, 1.82) is 0 Å². The van der Waals surface area contributed by atoms with Crippen LogP contribution in [0, 0.1) is 0 Å². The maximum atomic E-state index is 12.9. The molecule has 0 atom stereocenters. The van der Waals surface area contributed by atoms with E-state index in [4.69, 9.17) is 4.74 Å². The third kappa shape index (κ3) is 4.52. The molecule has 0 N–H and O–H groups in total. The Morgan fingerprint density at radius 1 is 0.920 bits per heavy atom. The number of piperazine rings is 1. The van der Waals surface area contributed by atoms with Gasteiger partial charge in [0.15, 0.2) is 0 Å². The maximum absolute atomic E-state index is 12.9. The molecular weight excluding hydrogens is 360 g/mol. The third-order valence-electron chi connectivity index (χ3n) is 4.27. The fraction of sp³-hybridized carbons (Fsp3) is 0.333. The molecule has 0 spiro atoms. The molecule has 0 unspecified atom stereocenters. The maximum Gasteiger partial charge on any atom is 0.246 e. The van der Waals surface area contributed by atoms with Crippen LogP contribution in [-0.4, -0.2) is 50.9 Å². The number of ether oxygens (including phenoxy) is 1. The lowest BCUT2D eigenvalue weighted by Gasteiger charge is -2.34. The number of methoxy groups -OCH3 is 1. The van der Waals surface area contributed by atoms with E-state index >= 15 is 0 Å². The first-order valence-corrected chi connectivity index (χ1v) is 9.45. The van der Waals surface area contributed by atoms with Crippen molar-refractivity contribution in [3.8, 4) is 5.75 Å². The molecule has 1 aliphatic rings. The van der Waals surface area contributed by atoms with Crippen molar-refractivity contribution in [3.63, 3.8) is 0 Å². The molecule has 0 amide bonds. The van der Waals surface area contributed by atoms with E-state index < -0.39 is 10.0 Å². The number of benzene rings is 2. The summed E-state index contributed by atoms with van der Waals surface area (Å²) >= 11 is 0. The highest BCUT2D eigenvalue weighted by molar-refractivity contribution is 7.89. The van der Waals surface area contributed by atoms with Crippen molar-refractivity contribution in [2.45, 2.75) is 11.4 Å². The molecule has 0 radical (unpaired) electrons. The van der Waals surface area contributed by atoms with Gasteiger partial charge in [0.2, 0.25) is 10.0 Å². The van der Waals surface area contributed by atoms with Gasteiger partial charge in [-0.3, -0.25) is 4.90 Å². The van der Waals surface area contributed by atoms with E-state index in [0.717, 1.165) is 19.6 Å². The predicted molar refractivity (Wildman–Crippen MR) is 101 cm³/mol. The highest BCUT2D eigenvalue weighted by Gasteiger charge is 2.30. The van der Waals surface area contributed by atoms with Crippen LogP contribution >= 0.6 is 12.4 Å². The molecule has 7 heteroatoms. The topological polar surface area (TPSA) is 49.9 Å². The largest absolute Gasteiger partial charge is 0.495 e. The van der Waals surface area contributed by atoms with E-state index in [9.17, 15) is 8.42 Å². The molecule has 1 aliphatic heterocycles. The molecule has 1 saturated heterocycles. The Labute approximate surface area is 155 Å². The van der Waals surface area contributed by atoms with Crippen LogP contribution in [0.3, 0.4) is 0 Å². The van der Waals surface area contributed by atoms with Gasteiger partial charge in [-0.05, 0) is 17.7 Å². The number of hydrogen-bond donors (Lipinski definition) is 0. The fourth-order valence-corrected chi connectivity index (χ4v) is 4.52. The molecule has 3 rings (SSSR count). The number of nitrogens with zero attached hydrogens (tertiary/aromatic N) is 2. The Morgan fingerprint density at radius 3 is 2.16 bits per heavy atom. The number of hydrogen-bond acceptors (Lipinski definition) is 4. The van der Waals surface area contributed by atoms with Crippen molar-refractivity contribution in [2.24, 2.45) is 0 Å². The highest BCUT2D eigenvalue weighted by atomic mass is 35.5. The van der Waals surface area contributed by atoms with Crippen LogP contribution in [0.2, 0.25) is 0 Å². The second-order valence-electron chi connectivity index (χ2n) is 5.82. The molecular formula is C18H23ClN2O3S. The minimum atomic E-state index is -3.52. The lowest BCUT2D eigenvalue weighted by Crippen LogP contribution is -2.48. The van der Waals surface area contributed by atoms with Crippen LogP contribution < -0.4 is 4.74 Å². The van der Waals surface area contributed by atoms with E-state index in [0.29, 0.717) is 18.8 Å². The summed E-state index contributed by atoms with van der Waals surface area (Å²) in [6.45, 7) is 3.29. The van der Waals surface area contributed by atoms with E-state index in [-0.39, 0.29) is 17.3 Å². The molecule has 25 heavy (non-hydrogen) atoms. The van der Waals surface area contributed by atoms with E-state index in [1.54, 1.807) is 28.6 Å². The van der Waals surface area contributed by atoms with Crippen molar-refractivity contribution in [3.05, 3.63) is 60.2 Å². The Morgan fingerprint density at radius 2 is 1.52 bits per heavy atom. The summed E-state index contributed by atoms with van der Waals surface area (Å²) < 4.78 is 32.5. The average molecular weight is 383 g/mol. The van der Waals surface area contributed by atoms with Gasteiger partial charge >= 0.3 is 0 Å². The standard InChI is InChI=1S/C18H22N2O3S.ClH/c1-23-17-9-5-6-10-18(17)24(21,22)20-13-11-19(12-14-20)15-16-7-3-2-4-8-16;/h2-10H,11-15H2,1H3;1H. The predicted octanol–water partition coefficient (Wildman–Crippen LogP) is 2.62. The Balaban J connectivity index is 0.00000225. The van der Waals surface area contributed by atoms with E-state index in [1.807, 2.05) is 18.2 Å². The van der Waals surface area contributed by atoms with Crippen LogP contribution in [0.4, 0.5) is 0 Å². The minimum Gasteiger partial charge on any atom is -0.495 e. The smallest absolute Gasteiger partial charge is 0.246 e. The summed E-state index contributed by atoms with van der Waals surface area (Å²) in [6, 6.07) is 17.0. The number of rotatable bonds is 5. The van der Waals surface area contributed by atoms with Crippen molar-refractivity contribution >= 4 is 22.4 Å². The first kappa shape index (κ1) is 19.7. The summed E-state index contributed by atoms with van der Waals surface area (Å²) in [6.07, 6.45) is 0. The molecule has 0 bridgehead atoms. The van der Waals surface area contributed by atoms with Gasteiger partial charge in [-0.25, -0.2) is 8.42 Å². The van der Waals surface area contributed by atoms with Crippen molar-refractivity contribution in [1.82, 2.24) is 9.21 Å². The molecule has 136 valence electrons. The van der Waals surface area contributed by atoms with Gasteiger partial charge in [-0.1, -0.05) is 42.5 Å². The summed E-state index contributed by atoms with van der Waals surface area (Å²) in [5.41, 5.74) is 1.25. The van der Waals surface area contributed by atoms with Gasteiger partial charge < -0.3 is 4.74 Å². The molecule has 1 heterocycles. The zero-order chi connectivity index (χ0) is 17.0. The molecule has 1 fully saturated rings. The van der Waals surface area contributed by atoms with Crippen LogP contribution in [0.25, 0.3) is 0 Å². The number of sulfonamides is 1. The fourth-order valence-electron chi connectivity index (χ4n) is 2.94. The van der Waals surface area contributed by atoms with Crippen molar-refractivity contribution in [2.75, 3.05) is 33.3 Å². The monoisotopic (exact) mass is 382 g/mol. The normalized spacial score (nSPS) is 16.2. The van der Waals surface area contributed by atoms with Gasteiger partial charge in [-0.15, -0.1) is 12.4 Å². The molecule has 0 aliphatic carbocycles. The minimum absolute atomic E-state index is 0. The summed E-state index contributed by atoms with van der Waals surface area (Å²) in [7, 11) is -2.03. The first-order chi connectivity index (χ1) is 11.6. The molecule has 2 aromatic rings. The SMILES string of the molecule is COc1ccccc1S(=O)(=O)N1CCN(Cc2ccccc2)CC1.Cl. The third-order valence-corrected chi connectivity index (χ3v) is 6.21. The van der Waals surface area contributed by atoms with Gasteiger partial charge in [0.25, 0.3) is 0 Å². The summed E-state index contributed by atoms with van der Waals surface area (Å²) in [4.78, 5) is 2.52. The molecule has 0 saturated carbocycles. The molecule has 5 nitrogen and oxygen atoms in total. The second-order valence-corrected chi connectivity index (χ2v) is 7.72.